The van der Waals surface area contributed by atoms with Gasteiger partial charge in [0, 0.05) is 25.0 Å². The topological polar surface area (TPSA) is 58.7 Å². The number of carbonyl (C=O) groups excluding carboxylic acids is 2. The smallest absolute Gasteiger partial charge is 0.242 e. The summed E-state index contributed by atoms with van der Waals surface area (Å²) in [7, 11) is 1.94. The van der Waals surface area contributed by atoms with Crippen LogP contribution in [-0.2, 0) is 36.1 Å². The molecule has 2 aromatic heterocycles. The van der Waals surface area contributed by atoms with Gasteiger partial charge >= 0.3 is 0 Å². The normalized spacial score (nSPS) is 13.2. The Morgan fingerprint density at radius 2 is 1.84 bits per heavy atom. The third kappa shape index (κ3) is 5.42. The van der Waals surface area contributed by atoms with Crippen LogP contribution in [0.2, 0.25) is 0 Å². The van der Waals surface area contributed by atoms with Crippen molar-refractivity contribution >= 4 is 11.8 Å². The minimum Gasteiger partial charge on any atom is -0.467 e. The lowest BCUT2D eigenvalue weighted by Crippen LogP contribution is -2.44. The maximum atomic E-state index is 13.3. The van der Waals surface area contributed by atoms with Gasteiger partial charge in [-0.05, 0) is 54.8 Å². The van der Waals surface area contributed by atoms with Gasteiger partial charge in [0.1, 0.15) is 18.1 Å². The second-order valence-corrected chi connectivity index (χ2v) is 8.00. The zero-order valence-electron chi connectivity index (χ0n) is 17.5. The zero-order chi connectivity index (χ0) is 21.8. The van der Waals surface area contributed by atoms with Gasteiger partial charge in [-0.25, -0.2) is 4.39 Å². The number of aryl methyl sites for hydroxylation is 1. The molecule has 1 saturated carbocycles. The second kappa shape index (κ2) is 9.20. The van der Waals surface area contributed by atoms with Crippen molar-refractivity contribution < 1.29 is 18.4 Å². The first-order chi connectivity index (χ1) is 15.0. The van der Waals surface area contributed by atoms with Crippen molar-refractivity contribution in [2.24, 2.45) is 7.05 Å². The summed E-state index contributed by atoms with van der Waals surface area (Å²) in [6, 6.07) is 13.6. The Morgan fingerprint density at radius 1 is 1.06 bits per heavy atom. The molecule has 3 aromatic rings. The highest BCUT2D eigenvalue weighted by molar-refractivity contribution is 5.86. The van der Waals surface area contributed by atoms with Gasteiger partial charge in [0.2, 0.25) is 11.8 Å². The average molecular weight is 423 g/mol. The molecular formula is C24H26FN3O3. The molecule has 0 atom stereocenters. The Kier molecular flexibility index (Phi) is 6.21. The summed E-state index contributed by atoms with van der Waals surface area (Å²) in [6.45, 7) is 0.783. The quantitative estimate of drug-likeness (QED) is 0.529. The predicted octanol–water partition coefficient (Wildman–Crippen LogP) is 3.52. The number of benzene rings is 1. The fourth-order valence-corrected chi connectivity index (χ4v) is 3.61. The summed E-state index contributed by atoms with van der Waals surface area (Å²) >= 11 is 0. The van der Waals surface area contributed by atoms with Gasteiger partial charge in [0.15, 0.2) is 0 Å². The average Bonchev–Trinajstić information content (AvgIpc) is 3.31. The number of aromatic nitrogens is 1. The standard InChI is InChI=1S/C24H26FN3O3/c1-26-12-2-4-21(26)15-27(16-22-5-3-13-31-22)24(30)17-28(20-10-11-20)23(29)14-18-6-8-19(25)9-7-18/h2-9,12-13,20H,10-11,14-17H2,1H3. The summed E-state index contributed by atoms with van der Waals surface area (Å²) in [5, 5.41) is 0. The Bertz CT molecular complexity index is 1020. The van der Waals surface area contributed by atoms with Crippen molar-refractivity contribution in [2.45, 2.75) is 38.4 Å². The van der Waals surface area contributed by atoms with Gasteiger partial charge in [0.05, 0.1) is 25.8 Å². The van der Waals surface area contributed by atoms with Gasteiger partial charge in [-0.1, -0.05) is 12.1 Å². The first-order valence-corrected chi connectivity index (χ1v) is 10.4. The summed E-state index contributed by atoms with van der Waals surface area (Å²) < 4.78 is 20.6. The van der Waals surface area contributed by atoms with Gasteiger partial charge in [-0.15, -0.1) is 0 Å². The fourth-order valence-electron chi connectivity index (χ4n) is 3.61. The van der Waals surface area contributed by atoms with Crippen LogP contribution in [-0.4, -0.2) is 38.8 Å². The SMILES string of the molecule is Cn1cccc1CN(Cc1ccco1)C(=O)CN(C(=O)Cc1ccc(F)cc1)C1CC1. The van der Waals surface area contributed by atoms with Gasteiger partial charge in [0.25, 0.3) is 0 Å². The number of halogens is 1. The van der Waals surface area contributed by atoms with Crippen LogP contribution in [0.3, 0.4) is 0 Å². The van der Waals surface area contributed by atoms with Crippen LogP contribution < -0.4 is 0 Å². The molecule has 6 nitrogen and oxygen atoms in total. The Morgan fingerprint density at radius 3 is 2.45 bits per heavy atom. The van der Waals surface area contributed by atoms with Crippen LogP contribution in [0.4, 0.5) is 4.39 Å². The molecule has 0 saturated heterocycles. The van der Waals surface area contributed by atoms with E-state index in [9.17, 15) is 14.0 Å². The molecule has 1 aliphatic rings. The number of rotatable bonds is 9. The highest BCUT2D eigenvalue weighted by atomic mass is 19.1. The largest absolute Gasteiger partial charge is 0.467 e. The minimum absolute atomic E-state index is 0.0236. The van der Waals surface area contributed by atoms with Crippen LogP contribution >= 0.6 is 0 Å². The van der Waals surface area contributed by atoms with E-state index in [0.717, 1.165) is 24.1 Å². The third-order valence-corrected chi connectivity index (χ3v) is 5.57. The molecule has 31 heavy (non-hydrogen) atoms. The van der Waals surface area contributed by atoms with Crippen molar-refractivity contribution in [3.05, 3.63) is 83.8 Å². The second-order valence-electron chi connectivity index (χ2n) is 8.00. The summed E-state index contributed by atoms with van der Waals surface area (Å²) in [5.74, 6) is 0.120. The molecule has 0 aliphatic heterocycles. The van der Waals surface area contributed by atoms with E-state index in [1.165, 1.54) is 12.1 Å². The molecule has 0 unspecified atom stereocenters. The molecule has 0 spiro atoms. The molecule has 2 amide bonds. The number of amides is 2. The van der Waals surface area contributed by atoms with Crippen molar-refractivity contribution in [2.75, 3.05) is 6.54 Å². The van der Waals surface area contributed by atoms with E-state index in [0.29, 0.717) is 18.8 Å². The molecular weight excluding hydrogens is 397 g/mol. The molecule has 162 valence electrons. The molecule has 7 heteroatoms. The Hall–Kier alpha value is -3.35. The lowest BCUT2D eigenvalue weighted by Gasteiger charge is -2.27. The van der Waals surface area contributed by atoms with Crippen LogP contribution in [0, 0.1) is 5.82 Å². The zero-order valence-corrected chi connectivity index (χ0v) is 17.5. The maximum absolute atomic E-state index is 13.3. The van der Waals surface area contributed by atoms with Crippen molar-refractivity contribution in [1.29, 1.82) is 0 Å². The highest BCUT2D eigenvalue weighted by Crippen LogP contribution is 2.28. The summed E-state index contributed by atoms with van der Waals surface area (Å²) in [6.07, 6.45) is 5.48. The van der Waals surface area contributed by atoms with E-state index in [1.54, 1.807) is 34.3 Å². The van der Waals surface area contributed by atoms with Crippen LogP contribution in [0.5, 0.6) is 0 Å². The lowest BCUT2D eigenvalue weighted by atomic mass is 10.1. The number of furan rings is 1. The molecule has 1 fully saturated rings. The molecule has 0 radical (unpaired) electrons. The van der Waals surface area contributed by atoms with Gasteiger partial charge in [-0.2, -0.15) is 0 Å². The van der Waals surface area contributed by atoms with E-state index in [2.05, 4.69) is 0 Å². The van der Waals surface area contributed by atoms with Crippen molar-refractivity contribution in [3.8, 4) is 0 Å². The molecule has 2 heterocycles. The third-order valence-electron chi connectivity index (χ3n) is 5.57. The monoisotopic (exact) mass is 423 g/mol. The fraction of sp³-hybridized carbons (Fsp3) is 0.333. The van der Waals surface area contributed by atoms with E-state index < -0.39 is 0 Å². The molecule has 1 aromatic carbocycles. The number of hydrogen-bond donors (Lipinski definition) is 0. The van der Waals surface area contributed by atoms with E-state index >= 15 is 0 Å². The summed E-state index contributed by atoms with van der Waals surface area (Å²) in [5.41, 5.74) is 1.73. The number of carbonyl (C=O) groups is 2. The molecule has 1 aliphatic carbocycles. The van der Waals surface area contributed by atoms with Crippen LogP contribution in [0.25, 0.3) is 0 Å². The summed E-state index contributed by atoms with van der Waals surface area (Å²) in [4.78, 5) is 29.6. The maximum Gasteiger partial charge on any atom is 0.242 e. The Balaban J connectivity index is 1.47. The molecule has 4 rings (SSSR count). The predicted molar refractivity (Wildman–Crippen MR) is 113 cm³/mol. The van der Waals surface area contributed by atoms with Crippen molar-refractivity contribution in [3.63, 3.8) is 0 Å². The van der Waals surface area contributed by atoms with Crippen LogP contribution in [0.15, 0.2) is 65.4 Å². The van der Waals surface area contributed by atoms with E-state index in [1.807, 2.05) is 36.0 Å². The van der Waals surface area contributed by atoms with Crippen molar-refractivity contribution in [1.82, 2.24) is 14.4 Å². The highest BCUT2D eigenvalue weighted by Gasteiger charge is 2.34. The van der Waals surface area contributed by atoms with Gasteiger partial charge < -0.3 is 18.8 Å². The number of nitrogens with zero attached hydrogens (tertiary/aromatic N) is 3. The first kappa shape index (κ1) is 20.9. The minimum atomic E-state index is -0.334. The number of hydrogen-bond acceptors (Lipinski definition) is 3. The lowest BCUT2D eigenvalue weighted by molar-refractivity contribution is -0.141. The van der Waals surface area contributed by atoms with Crippen LogP contribution in [0.1, 0.15) is 29.9 Å². The molecule has 0 bridgehead atoms. The Labute approximate surface area is 180 Å². The van der Waals surface area contributed by atoms with E-state index in [-0.39, 0.29) is 36.6 Å². The van der Waals surface area contributed by atoms with E-state index in [4.69, 9.17) is 4.42 Å². The molecule has 0 N–H and O–H groups in total. The first-order valence-electron chi connectivity index (χ1n) is 10.4. The van der Waals surface area contributed by atoms with Gasteiger partial charge in [-0.3, -0.25) is 9.59 Å².